The summed E-state index contributed by atoms with van der Waals surface area (Å²) in [4.78, 5) is 14.4. The van der Waals surface area contributed by atoms with Gasteiger partial charge in [-0.05, 0) is 44.6 Å². The molecule has 0 aromatic carbocycles. The highest BCUT2D eigenvalue weighted by Crippen LogP contribution is 2.46. The highest BCUT2D eigenvalue weighted by atomic mass is 16.3. The van der Waals surface area contributed by atoms with Gasteiger partial charge in [0.25, 0.3) is 0 Å². The van der Waals surface area contributed by atoms with E-state index in [1.54, 1.807) is 6.33 Å². The highest BCUT2D eigenvalue weighted by Gasteiger charge is 2.49. The van der Waals surface area contributed by atoms with Crippen LogP contribution in [0, 0.1) is 11.8 Å². The molecule has 0 unspecified atom stereocenters. The lowest BCUT2D eigenvalue weighted by Gasteiger charge is -2.39. The maximum absolute atomic E-state index is 10.8. The summed E-state index contributed by atoms with van der Waals surface area (Å²) in [5.74, 6) is 2.21. The SMILES string of the molecule is CC(C)(O)[C@@H]1[C@@H]2CCCC[C@@H]2CN1c1ncnc2[nH]ccc12. The van der Waals surface area contributed by atoms with Gasteiger partial charge in [-0.15, -0.1) is 0 Å². The minimum atomic E-state index is -0.732. The molecule has 5 heteroatoms. The van der Waals surface area contributed by atoms with Gasteiger partial charge in [-0.2, -0.15) is 0 Å². The third-order valence-electron chi connectivity index (χ3n) is 5.47. The van der Waals surface area contributed by atoms with E-state index in [9.17, 15) is 5.11 Å². The van der Waals surface area contributed by atoms with Crippen LogP contribution < -0.4 is 4.90 Å². The molecule has 3 heterocycles. The average molecular weight is 300 g/mol. The summed E-state index contributed by atoms with van der Waals surface area (Å²) in [6, 6.07) is 2.17. The molecule has 0 bridgehead atoms. The fourth-order valence-corrected chi connectivity index (χ4v) is 4.69. The standard InChI is InChI=1S/C17H24N4O/c1-17(2,22)14-12-6-4-3-5-11(12)9-21(14)16-13-7-8-18-15(13)19-10-20-16/h7-8,10-12,14,22H,3-6,9H2,1-2H3,(H,18,19,20)/t11-,12-,14+/m1/s1. The van der Waals surface area contributed by atoms with Crippen molar-refractivity contribution < 1.29 is 5.11 Å². The van der Waals surface area contributed by atoms with Crippen molar-refractivity contribution in [2.75, 3.05) is 11.4 Å². The topological polar surface area (TPSA) is 65.0 Å². The molecule has 2 aliphatic rings. The molecule has 1 aliphatic carbocycles. The Labute approximate surface area is 130 Å². The van der Waals surface area contributed by atoms with Gasteiger partial charge in [0.1, 0.15) is 17.8 Å². The van der Waals surface area contributed by atoms with E-state index in [0.29, 0.717) is 11.8 Å². The van der Waals surface area contributed by atoms with Gasteiger partial charge >= 0.3 is 0 Å². The van der Waals surface area contributed by atoms with Crippen molar-refractivity contribution in [1.29, 1.82) is 0 Å². The van der Waals surface area contributed by atoms with Crippen molar-refractivity contribution in [3.8, 4) is 0 Å². The summed E-state index contributed by atoms with van der Waals surface area (Å²) >= 11 is 0. The number of rotatable bonds is 2. The second-order valence-electron chi connectivity index (χ2n) is 7.40. The molecular weight excluding hydrogens is 276 g/mol. The summed E-state index contributed by atoms with van der Waals surface area (Å²) in [6.07, 6.45) is 8.62. The van der Waals surface area contributed by atoms with Gasteiger partial charge in [-0.25, -0.2) is 9.97 Å². The number of hydrogen-bond donors (Lipinski definition) is 2. The minimum Gasteiger partial charge on any atom is -0.388 e. The first-order valence-electron chi connectivity index (χ1n) is 8.33. The third kappa shape index (κ3) is 2.10. The average Bonchev–Trinajstić information content (AvgIpc) is 3.10. The maximum Gasteiger partial charge on any atom is 0.142 e. The van der Waals surface area contributed by atoms with E-state index in [1.807, 2.05) is 26.1 Å². The molecule has 1 saturated heterocycles. The number of aromatic amines is 1. The van der Waals surface area contributed by atoms with E-state index in [0.717, 1.165) is 23.4 Å². The van der Waals surface area contributed by atoms with Crippen molar-refractivity contribution in [1.82, 2.24) is 15.0 Å². The fourth-order valence-electron chi connectivity index (χ4n) is 4.69. The molecule has 0 radical (unpaired) electrons. The van der Waals surface area contributed by atoms with E-state index in [2.05, 4.69) is 19.9 Å². The van der Waals surface area contributed by atoms with E-state index >= 15 is 0 Å². The van der Waals surface area contributed by atoms with E-state index in [1.165, 1.54) is 25.7 Å². The molecule has 1 aliphatic heterocycles. The minimum absolute atomic E-state index is 0.130. The molecule has 2 aromatic heterocycles. The molecule has 2 aromatic rings. The van der Waals surface area contributed by atoms with Crippen molar-refractivity contribution in [2.24, 2.45) is 11.8 Å². The fraction of sp³-hybridized carbons (Fsp3) is 0.647. The predicted molar refractivity (Wildman–Crippen MR) is 86.8 cm³/mol. The highest BCUT2D eigenvalue weighted by molar-refractivity contribution is 5.87. The van der Waals surface area contributed by atoms with Crippen LogP contribution in [0.15, 0.2) is 18.6 Å². The molecule has 0 spiro atoms. The lowest BCUT2D eigenvalue weighted by atomic mass is 9.74. The predicted octanol–water partition coefficient (Wildman–Crippen LogP) is 2.72. The molecule has 2 N–H and O–H groups in total. The van der Waals surface area contributed by atoms with E-state index in [-0.39, 0.29) is 6.04 Å². The Morgan fingerprint density at radius 1 is 1.27 bits per heavy atom. The van der Waals surface area contributed by atoms with Crippen LogP contribution in [0.3, 0.4) is 0 Å². The summed E-state index contributed by atoms with van der Waals surface area (Å²) in [7, 11) is 0. The molecular formula is C17H24N4O. The van der Waals surface area contributed by atoms with Crippen LogP contribution >= 0.6 is 0 Å². The zero-order valence-corrected chi connectivity index (χ0v) is 13.3. The third-order valence-corrected chi connectivity index (χ3v) is 5.47. The number of aromatic nitrogens is 3. The number of hydrogen-bond acceptors (Lipinski definition) is 4. The number of anilines is 1. The zero-order chi connectivity index (χ0) is 15.3. The van der Waals surface area contributed by atoms with E-state index < -0.39 is 5.60 Å². The lowest BCUT2D eigenvalue weighted by molar-refractivity contribution is 0.0270. The molecule has 1 saturated carbocycles. The second-order valence-corrected chi connectivity index (χ2v) is 7.40. The van der Waals surface area contributed by atoms with Crippen molar-refractivity contribution in [3.05, 3.63) is 18.6 Å². The smallest absolute Gasteiger partial charge is 0.142 e. The van der Waals surface area contributed by atoms with Gasteiger partial charge in [0.15, 0.2) is 0 Å². The maximum atomic E-state index is 10.8. The van der Waals surface area contributed by atoms with Crippen LogP contribution in [-0.4, -0.2) is 38.2 Å². The number of H-pyrrole nitrogens is 1. The van der Waals surface area contributed by atoms with Crippen LogP contribution in [0.5, 0.6) is 0 Å². The number of nitrogens with one attached hydrogen (secondary N) is 1. The van der Waals surface area contributed by atoms with Crippen LogP contribution in [0.1, 0.15) is 39.5 Å². The van der Waals surface area contributed by atoms with Crippen molar-refractivity contribution in [3.63, 3.8) is 0 Å². The second kappa shape index (κ2) is 4.95. The first kappa shape index (κ1) is 14.0. The number of nitrogens with zero attached hydrogens (tertiary/aromatic N) is 3. The zero-order valence-electron chi connectivity index (χ0n) is 13.3. The van der Waals surface area contributed by atoms with Gasteiger partial charge in [-0.3, -0.25) is 0 Å². The van der Waals surface area contributed by atoms with Crippen LogP contribution in [-0.2, 0) is 0 Å². The van der Waals surface area contributed by atoms with Gasteiger partial charge in [0, 0.05) is 12.7 Å². The quantitative estimate of drug-likeness (QED) is 0.895. The molecule has 0 amide bonds. The monoisotopic (exact) mass is 300 g/mol. The Kier molecular flexibility index (Phi) is 3.15. The summed E-state index contributed by atoms with van der Waals surface area (Å²) in [6.45, 7) is 4.88. The Balaban J connectivity index is 1.80. The summed E-state index contributed by atoms with van der Waals surface area (Å²) in [5.41, 5.74) is 0.138. The Bertz CT molecular complexity index is 675. The normalized spacial score (nSPS) is 29.0. The van der Waals surface area contributed by atoms with E-state index in [4.69, 9.17) is 0 Å². The van der Waals surface area contributed by atoms with Crippen LogP contribution in [0.25, 0.3) is 11.0 Å². The van der Waals surface area contributed by atoms with Gasteiger partial charge < -0.3 is 15.0 Å². The summed E-state index contributed by atoms with van der Waals surface area (Å²) < 4.78 is 0. The first-order chi connectivity index (χ1) is 10.6. The van der Waals surface area contributed by atoms with Crippen LogP contribution in [0.4, 0.5) is 5.82 Å². The van der Waals surface area contributed by atoms with Crippen molar-refractivity contribution >= 4 is 16.9 Å². The van der Waals surface area contributed by atoms with Gasteiger partial charge in [0.2, 0.25) is 0 Å². The molecule has 2 fully saturated rings. The molecule has 5 nitrogen and oxygen atoms in total. The van der Waals surface area contributed by atoms with Gasteiger partial charge in [0.05, 0.1) is 17.0 Å². The number of fused-ring (bicyclic) bond motifs is 2. The Morgan fingerprint density at radius 2 is 2.09 bits per heavy atom. The Morgan fingerprint density at radius 3 is 2.91 bits per heavy atom. The number of aliphatic hydroxyl groups is 1. The molecule has 22 heavy (non-hydrogen) atoms. The van der Waals surface area contributed by atoms with Crippen LogP contribution in [0.2, 0.25) is 0 Å². The lowest BCUT2D eigenvalue weighted by Crippen LogP contribution is -2.49. The molecule has 3 atom stereocenters. The van der Waals surface area contributed by atoms with Crippen molar-refractivity contribution in [2.45, 2.75) is 51.2 Å². The van der Waals surface area contributed by atoms with Gasteiger partial charge in [-0.1, -0.05) is 12.8 Å². The first-order valence-corrected chi connectivity index (χ1v) is 8.33. The molecule has 118 valence electrons. The summed E-state index contributed by atoms with van der Waals surface area (Å²) in [5, 5.41) is 11.9. The largest absolute Gasteiger partial charge is 0.388 e. The Hall–Kier alpha value is -1.62. The molecule has 4 rings (SSSR count).